The lowest BCUT2D eigenvalue weighted by Gasteiger charge is -2.18. The molecule has 0 fully saturated rings. The molecule has 0 spiro atoms. The van der Waals surface area contributed by atoms with Crippen LogP contribution in [-0.4, -0.2) is 29.2 Å². The molecule has 0 N–H and O–H groups in total. The van der Waals surface area contributed by atoms with Crippen LogP contribution in [-0.2, 0) is 6.42 Å². The van der Waals surface area contributed by atoms with Crippen LogP contribution in [0.3, 0.4) is 0 Å². The van der Waals surface area contributed by atoms with Gasteiger partial charge in [-0.15, -0.1) is 21.5 Å². The van der Waals surface area contributed by atoms with Gasteiger partial charge in [0.1, 0.15) is 17.5 Å². The maximum atomic E-state index is 4.47. The van der Waals surface area contributed by atoms with E-state index in [0.717, 1.165) is 11.4 Å². The van der Waals surface area contributed by atoms with Crippen LogP contribution < -0.4 is 0 Å². The van der Waals surface area contributed by atoms with E-state index in [-0.39, 0.29) is 0 Å². The molecule has 0 bridgehead atoms. The Morgan fingerprint density at radius 3 is 3.30 bits per heavy atom. The van der Waals surface area contributed by atoms with Crippen LogP contribution in [0.25, 0.3) is 21.6 Å². The molecule has 0 saturated carbocycles. The van der Waals surface area contributed by atoms with E-state index in [1.54, 1.807) is 17.2 Å². The quantitative estimate of drug-likeness (QED) is 0.497. The summed E-state index contributed by atoms with van der Waals surface area (Å²) < 4.78 is 3.83. The highest BCUT2D eigenvalue weighted by molar-refractivity contribution is 7.19. The third-order valence-electron chi connectivity index (χ3n) is 4.25. The molecule has 0 aromatic carbocycles. The molecule has 0 saturated heterocycles. The zero-order chi connectivity index (χ0) is 13.3. The molecule has 0 unspecified atom stereocenters. The monoisotopic (exact) mass is 284 g/mol. The maximum absolute atomic E-state index is 4.47. The first-order valence-corrected chi connectivity index (χ1v) is 7.63. The number of rotatable bonds is 0. The Hall–Kier alpha value is -2.02. The Balaban J connectivity index is 2.12. The van der Waals surface area contributed by atoms with Crippen molar-refractivity contribution >= 4 is 33.0 Å². The van der Waals surface area contributed by atoms with Gasteiger partial charge in [-0.05, 0) is 30.7 Å². The standard InChI is InChI=1S/C13H12N6S/c1-7-3-2-4-8-9(7)10-11-14-5-16-19(11)13-17-15-6-18(13)12(10)20-8/h5-7H,2-4H2,1H3/t7-/m0/s1. The topological polar surface area (TPSA) is 60.4 Å². The van der Waals surface area contributed by atoms with Crippen LogP contribution in [0.2, 0.25) is 0 Å². The van der Waals surface area contributed by atoms with E-state index >= 15 is 0 Å². The number of aryl methyl sites for hydroxylation is 1. The van der Waals surface area contributed by atoms with E-state index in [0.29, 0.717) is 5.92 Å². The minimum absolute atomic E-state index is 0.585. The van der Waals surface area contributed by atoms with Crippen molar-refractivity contribution in [3.05, 3.63) is 23.1 Å². The zero-order valence-corrected chi connectivity index (χ0v) is 11.8. The molecule has 4 aromatic heterocycles. The van der Waals surface area contributed by atoms with Crippen LogP contribution in [0.15, 0.2) is 12.7 Å². The fourth-order valence-corrected chi connectivity index (χ4v) is 4.78. The van der Waals surface area contributed by atoms with Gasteiger partial charge in [-0.25, -0.2) is 4.98 Å². The summed E-state index contributed by atoms with van der Waals surface area (Å²) in [6.45, 7) is 2.31. The lowest BCUT2D eigenvalue weighted by molar-refractivity contribution is 0.602. The van der Waals surface area contributed by atoms with Crippen molar-refractivity contribution in [2.45, 2.75) is 32.1 Å². The molecule has 0 amide bonds. The molecular formula is C13H12N6S. The molecule has 1 aliphatic carbocycles. The molecule has 0 radical (unpaired) electrons. The van der Waals surface area contributed by atoms with Gasteiger partial charge in [0.15, 0.2) is 5.65 Å². The second kappa shape index (κ2) is 3.54. The second-order valence-corrected chi connectivity index (χ2v) is 6.49. The van der Waals surface area contributed by atoms with Gasteiger partial charge in [-0.2, -0.15) is 9.61 Å². The lowest BCUT2D eigenvalue weighted by atomic mass is 9.87. The Morgan fingerprint density at radius 2 is 2.35 bits per heavy atom. The Kier molecular flexibility index (Phi) is 1.90. The molecule has 20 heavy (non-hydrogen) atoms. The first kappa shape index (κ1) is 10.7. The minimum atomic E-state index is 0.585. The molecule has 4 heterocycles. The number of aromatic nitrogens is 6. The van der Waals surface area contributed by atoms with Gasteiger partial charge in [-0.3, -0.25) is 4.40 Å². The Bertz CT molecular complexity index is 962. The van der Waals surface area contributed by atoms with Gasteiger partial charge in [0.2, 0.25) is 0 Å². The fourth-order valence-electron chi connectivity index (χ4n) is 3.36. The predicted molar refractivity (Wildman–Crippen MR) is 76.3 cm³/mol. The van der Waals surface area contributed by atoms with Crippen LogP contribution in [0.5, 0.6) is 0 Å². The summed E-state index contributed by atoms with van der Waals surface area (Å²) in [7, 11) is 0. The van der Waals surface area contributed by atoms with Crippen molar-refractivity contribution < 1.29 is 0 Å². The first-order valence-electron chi connectivity index (χ1n) is 6.81. The van der Waals surface area contributed by atoms with E-state index in [1.165, 1.54) is 39.9 Å². The fraction of sp³-hybridized carbons (Fsp3) is 0.385. The molecular weight excluding hydrogens is 272 g/mol. The minimum Gasteiger partial charge on any atom is -0.256 e. The summed E-state index contributed by atoms with van der Waals surface area (Å²) in [5, 5.41) is 13.8. The molecule has 1 aliphatic rings. The van der Waals surface area contributed by atoms with Gasteiger partial charge in [0, 0.05) is 4.88 Å². The average molecular weight is 284 g/mol. The van der Waals surface area contributed by atoms with Gasteiger partial charge < -0.3 is 0 Å². The van der Waals surface area contributed by atoms with E-state index in [2.05, 4.69) is 27.2 Å². The van der Waals surface area contributed by atoms with E-state index in [4.69, 9.17) is 0 Å². The van der Waals surface area contributed by atoms with Crippen molar-refractivity contribution in [3.8, 4) is 0 Å². The normalized spacial score (nSPS) is 19.1. The molecule has 0 aliphatic heterocycles. The van der Waals surface area contributed by atoms with Crippen LogP contribution in [0, 0.1) is 0 Å². The number of hydrogen-bond acceptors (Lipinski definition) is 5. The van der Waals surface area contributed by atoms with E-state index in [1.807, 2.05) is 15.7 Å². The predicted octanol–water partition coefficient (Wildman–Crippen LogP) is 2.43. The van der Waals surface area contributed by atoms with Gasteiger partial charge >= 0.3 is 0 Å². The molecule has 1 atom stereocenters. The SMILES string of the molecule is C[C@H]1CCCc2sc3c(c21)c1ncnn1c1nncn31. The average Bonchev–Trinajstić information content (AvgIpc) is 3.15. The third kappa shape index (κ3) is 1.14. The van der Waals surface area contributed by atoms with Gasteiger partial charge in [0.25, 0.3) is 5.78 Å². The van der Waals surface area contributed by atoms with Crippen LogP contribution >= 0.6 is 11.3 Å². The van der Waals surface area contributed by atoms with Crippen molar-refractivity contribution in [1.82, 2.24) is 29.2 Å². The summed E-state index contributed by atoms with van der Waals surface area (Å²) in [5.41, 5.74) is 2.37. The maximum Gasteiger partial charge on any atom is 0.259 e. The number of fused-ring (bicyclic) bond motifs is 8. The van der Waals surface area contributed by atoms with Crippen molar-refractivity contribution in [3.63, 3.8) is 0 Å². The number of hydrogen-bond donors (Lipinski definition) is 0. The first-order chi connectivity index (χ1) is 9.84. The van der Waals surface area contributed by atoms with Crippen molar-refractivity contribution in [1.29, 1.82) is 0 Å². The highest BCUT2D eigenvalue weighted by atomic mass is 32.1. The number of thiophene rings is 1. The molecule has 7 heteroatoms. The van der Waals surface area contributed by atoms with E-state index < -0.39 is 0 Å². The number of nitrogens with zero attached hydrogens (tertiary/aromatic N) is 6. The molecule has 5 rings (SSSR count). The summed E-state index contributed by atoms with van der Waals surface area (Å²) in [4.78, 5) is 7.16. The largest absolute Gasteiger partial charge is 0.259 e. The van der Waals surface area contributed by atoms with Crippen molar-refractivity contribution in [2.75, 3.05) is 0 Å². The summed E-state index contributed by atoms with van der Waals surface area (Å²) in [5.74, 6) is 1.32. The molecule has 4 aromatic rings. The van der Waals surface area contributed by atoms with E-state index in [9.17, 15) is 0 Å². The summed E-state index contributed by atoms with van der Waals surface area (Å²) in [6, 6.07) is 0. The molecule has 100 valence electrons. The lowest BCUT2D eigenvalue weighted by Crippen LogP contribution is -2.05. The van der Waals surface area contributed by atoms with Crippen LogP contribution in [0.1, 0.15) is 36.1 Å². The molecule has 6 nitrogen and oxygen atoms in total. The third-order valence-corrected chi connectivity index (χ3v) is 5.51. The summed E-state index contributed by atoms with van der Waals surface area (Å²) >= 11 is 1.86. The highest BCUT2D eigenvalue weighted by Gasteiger charge is 2.26. The van der Waals surface area contributed by atoms with Gasteiger partial charge in [-0.1, -0.05) is 6.92 Å². The summed E-state index contributed by atoms with van der Waals surface area (Å²) in [6.07, 6.45) is 7.06. The zero-order valence-electron chi connectivity index (χ0n) is 10.9. The van der Waals surface area contributed by atoms with Crippen molar-refractivity contribution in [2.24, 2.45) is 0 Å². The smallest absolute Gasteiger partial charge is 0.256 e. The van der Waals surface area contributed by atoms with Crippen LogP contribution in [0.4, 0.5) is 0 Å². The second-order valence-electron chi connectivity index (χ2n) is 5.41. The Morgan fingerprint density at radius 1 is 1.40 bits per heavy atom. The Labute approximate surface area is 118 Å². The van der Waals surface area contributed by atoms with Gasteiger partial charge in [0.05, 0.1) is 5.39 Å². The highest BCUT2D eigenvalue weighted by Crippen LogP contribution is 2.43.